The minimum absolute atomic E-state index is 0.0336. The van der Waals surface area contributed by atoms with Crippen molar-refractivity contribution in [3.8, 4) is 0 Å². The largest absolute Gasteiger partial charge is 0.472 e. The van der Waals surface area contributed by atoms with Gasteiger partial charge in [0, 0.05) is 12.1 Å². The molecule has 1 amide bonds. The fourth-order valence-corrected chi connectivity index (χ4v) is 0.926. The zero-order valence-corrected chi connectivity index (χ0v) is 9.22. The van der Waals surface area contributed by atoms with Crippen LogP contribution < -0.4 is 5.32 Å². The summed E-state index contributed by atoms with van der Waals surface area (Å²) in [5.74, 6) is -0.0336. The Balaban J connectivity index is 2.40. The van der Waals surface area contributed by atoms with Gasteiger partial charge in [-0.3, -0.25) is 4.79 Å². The molecule has 0 spiro atoms. The summed E-state index contributed by atoms with van der Waals surface area (Å²) in [5.41, 5.74) is 0.963. The highest BCUT2D eigenvalue weighted by atomic mass is 79.9. The molecule has 0 aliphatic rings. The van der Waals surface area contributed by atoms with Crippen LogP contribution in [0.1, 0.15) is 19.4 Å². The number of hydrogen-bond donors (Lipinski definition) is 1. The Labute approximate surface area is 85.6 Å². The van der Waals surface area contributed by atoms with Crippen molar-refractivity contribution in [2.24, 2.45) is 0 Å². The first kappa shape index (κ1) is 10.3. The third-order valence-electron chi connectivity index (χ3n) is 1.57. The van der Waals surface area contributed by atoms with Crippen molar-refractivity contribution in [3.05, 3.63) is 24.2 Å². The van der Waals surface area contributed by atoms with Gasteiger partial charge < -0.3 is 9.73 Å². The van der Waals surface area contributed by atoms with Crippen LogP contribution in [0.2, 0.25) is 0 Å². The SMILES string of the molecule is CC(C)(Br)C(=O)NCc1ccoc1. The lowest BCUT2D eigenvalue weighted by Gasteiger charge is -2.14. The molecular weight excluding hydrogens is 234 g/mol. The highest BCUT2D eigenvalue weighted by molar-refractivity contribution is 9.10. The van der Waals surface area contributed by atoms with Gasteiger partial charge in [0.2, 0.25) is 5.91 Å². The first-order valence-corrected chi connectivity index (χ1v) is 4.78. The maximum Gasteiger partial charge on any atom is 0.236 e. The second-order valence-electron chi connectivity index (χ2n) is 3.29. The summed E-state index contributed by atoms with van der Waals surface area (Å²) in [6.07, 6.45) is 3.20. The topological polar surface area (TPSA) is 42.2 Å². The van der Waals surface area contributed by atoms with Gasteiger partial charge in [-0.05, 0) is 19.9 Å². The van der Waals surface area contributed by atoms with Crippen LogP contribution >= 0.6 is 15.9 Å². The molecule has 0 bridgehead atoms. The number of alkyl halides is 1. The van der Waals surface area contributed by atoms with Gasteiger partial charge in [0.1, 0.15) is 0 Å². The smallest absolute Gasteiger partial charge is 0.236 e. The Kier molecular flexibility index (Phi) is 3.14. The summed E-state index contributed by atoms with van der Waals surface area (Å²) in [5, 5.41) is 2.78. The molecular formula is C9H12BrNO2. The summed E-state index contributed by atoms with van der Waals surface area (Å²) in [7, 11) is 0. The number of nitrogens with one attached hydrogen (secondary N) is 1. The number of rotatable bonds is 3. The molecule has 1 N–H and O–H groups in total. The lowest BCUT2D eigenvalue weighted by atomic mass is 10.2. The highest BCUT2D eigenvalue weighted by Gasteiger charge is 2.22. The second kappa shape index (κ2) is 3.96. The number of carbonyl (C=O) groups excluding carboxylic acids is 1. The van der Waals surface area contributed by atoms with Gasteiger partial charge in [-0.15, -0.1) is 0 Å². The van der Waals surface area contributed by atoms with E-state index in [4.69, 9.17) is 4.42 Å². The highest BCUT2D eigenvalue weighted by Crippen LogP contribution is 2.15. The van der Waals surface area contributed by atoms with Gasteiger partial charge in [0.25, 0.3) is 0 Å². The van der Waals surface area contributed by atoms with Gasteiger partial charge in [-0.1, -0.05) is 15.9 Å². The number of furan rings is 1. The molecule has 1 rings (SSSR count). The molecule has 0 atom stereocenters. The quantitative estimate of drug-likeness (QED) is 0.829. The first-order valence-electron chi connectivity index (χ1n) is 3.98. The molecule has 1 aromatic rings. The van der Waals surface area contributed by atoms with E-state index < -0.39 is 4.32 Å². The van der Waals surface area contributed by atoms with E-state index in [1.165, 1.54) is 0 Å². The molecule has 0 aromatic carbocycles. The molecule has 0 radical (unpaired) electrons. The number of hydrogen-bond acceptors (Lipinski definition) is 2. The first-order chi connectivity index (χ1) is 6.00. The molecule has 0 saturated carbocycles. The lowest BCUT2D eigenvalue weighted by molar-refractivity contribution is -0.122. The van der Waals surface area contributed by atoms with E-state index in [9.17, 15) is 4.79 Å². The molecule has 0 unspecified atom stereocenters. The fraction of sp³-hybridized carbons (Fsp3) is 0.444. The van der Waals surface area contributed by atoms with E-state index in [-0.39, 0.29) is 5.91 Å². The predicted molar refractivity (Wildman–Crippen MR) is 53.6 cm³/mol. The van der Waals surface area contributed by atoms with Crippen molar-refractivity contribution in [1.29, 1.82) is 0 Å². The van der Waals surface area contributed by atoms with Crippen molar-refractivity contribution in [1.82, 2.24) is 5.32 Å². The van der Waals surface area contributed by atoms with Crippen molar-refractivity contribution >= 4 is 21.8 Å². The third kappa shape index (κ3) is 3.22. The molecule has 13 heavy (non-hydrogen) atoms. The normalized spacial score (nSPS) is 11.3. The van der Waals surface area contributed by atoms with Gasteiger partial charge in [-0.25, -0.2) is 0 Å². The Hall–Kier alpha value is -0.770. The lowest BCUT2D eigenvalue weighted by Crippen LogP contribution is -2.36. The molecule has 0 saturated heterocycles. The van der Waals surface area contributed by atoms with Crippen LogP contribution in [-0.4, -0.2) is 10.2 Å². The van der Waals surface area contributed by atoms with Gasteiger partial charge in [0.15, 0.2) is 0 Å². The average Bonchev–Trinajstić information content (AvgIpc) is 2.50. The standard InChI is InChI=1S/C9H12BrNO2/c1-9(2,10)8(12)11-5-7-3-4-13-6-7/h3-4,6H,5H2,1-2H3,(H,11,12). The van der Waals surface area contributed by atoms with Gasteiger partial charge in [0.05, 0.1) is 16.9 Å². The Bertz CT molecular complexity index is 274. The van der Waals surface area contributed by atoms with Crippen LogP contribution in [0.15, 0.2) is 23.0 Å². The van der Waals surface area contributed by atoms with Crippen LogP contribution in [-0.2, 0) is 11.3 Å². The Morgan fingerprint density at radius 3 is 2.85 bits per heavy atom. The molecule has 72 valence electrons. The molecule has 3 nitrogen and oxygen atoms in total. The van der Waals surface area contributed by atoms with Gasteiger partial charge >= 0.3 is 0 Å². The van der Waals surface area contributed by atoms with Crippen LogP contribution in [0.3, 0.4) is 0 Å². The van der Waals surface area contributed by atoms with E-state index in [1.54, 1.807) is 26.4 Å². The van der Waals surface area contributed by atoms with Crippen LogP contribution in [0.5, 0.6) is 0 Å². The van der Waals surface area contributed by atoms with Crippen LogP contribution in [0.4, 0.5) is 0 Å². The van der Waals surface area contributed by atoms with Gasteiger partial charge in [-0.2, -0.15) is 0 Å². The minimum Gasteiger partial charge on any atom is -0.472 e. The predicted octanol–water partition coefficient (Wildman–Crippen LogP) is 2.07. The van der Waals surface area contributed by atoms with E-state index in [1.807, 2.05) is 6.07 Å². The van der Waals surface area contributed by atoms with Crippen molar-refractivity contribution in [2.75, 3.05) is 0 Å². The third-order valence-corrected chi connectivity index (χ3v) is 1.93. The molecule has 4 heteroatoms. The van der Waals surface area contributed by atoms with Crippen LogP contribution in [0, 0.1) is 0 Å². The zero-order chi connectivity index (χ0) is 9.90. The van der Waals surface area contributed by atoms with Crippen molar-refractivity contribution in [3.63, 3.8) is 0 Å². The fourth-order valence-electron chi connectivity index (χ4n) is 0.786. The molecule has 1 aromatic heterocycles. The number of carbonyl (C=O) groups is 1. The number of halogens is 1. The minimum atomic E-state index is -0.517. The van der Waals surface area contributed by atoms with E-state index in [0.29, 0.717) is 6.54 Å². The average molecular weight is 246 g/mol. The monoisotopic (exact) mass is 245 g/mol. The number of amides is 1. The van der Waals surface area contributed by atoms with Crippen molar-refractivity contribution in [2.45, 2.75) is 24.7 Å². The summed E-state index contributed by atoms with van der Waals surface area (Å²) >= 11 is 3.27. The summed E-state index contributed by atoms with van der Waals surface area (Å²) in [4.78, 5) is 11.4. The second-order valence-corrected chi connectivity index (χ2v) is 5.27. The van der Waals surface area contributed by atoms with Crippen LogP contribution in [0.25, 0.3) is 0 Å². The van der Waals surface area contributed by atoms with E-state index in [2.05, 4.69) is 21.2 Å². The maximum atomic E-state index is 11.4. The summed E-state index contributed by atoms with van der Waals surface area (Å²) in [6, 6.07) is 1.82. The molecule has 0 aliphatic carbocycles. The zero-order valence-electron chi connectivity index (χ0n) is 7.63. The maximum absolute atomic E-state index is 11.4. The molecule has 0 fully saturated rings. The Morgan fingerprint density at radius 1 is 1.69 bits per heavy atom. The Morgan fingerprint density at radius 2 is 2.38 bits per heavy atom. The van der Waals surface area contributed by atoms with Crippen molar-refractivity contribution < 1.29 is 9.21 Å². The molecule has 0 aliphatic heterocycles. The molecule has 1 heterocycles. The van der Waals surface area contributed by atoms with E-state index in [0.717, 1.165) is 5.56 Å². The summed E-state index contributed by atoms with van der Waals surface area (Å²) < 4.78 is 4.35. The van der Waals surface area contributed by atoms with E-state index >= 15 is 0 Å². The summed E-state index contributed by atoms with van der Waals surface area (Å²) in [6.45, 7) is 4.11.